The molecule has 8 nitrogen and oxygen atoms in total. The standard InChI is InChI=1S/C19H28N4O4/c1-13(19(26)27)10-23(16-7-8-16)18(25)14-9-20-22(11-14)12-17(24)21-15-5-3-2-4-6-15/h9,11,13,15-16H,2-8,10,12H2,1H3,(H,21,24)(H,26,27). The molecular formula is C19H28N4O4. The third-order valence-electron chi connectivity index (χ3n) is 5.30. The summed E-state index contributed by atoms with van der Waals surface area (Å²) >= 11 is 0. The van der Waals surface area contributed by atoms with Gasteiger partial charge in [0.1, 0.15) is 6.54 Å². The zero-order valence-electron chi connectivity index (χ0n) is 15.8. The summed E-state index contributed by atoms with van der Waals surface area (Å²) in [7, 11) is 0. The first kappa shape index (κ1) is 19.4. The second kappa shape index (κ2) is 8.54. The Kier molecular flexibility index (Phi) is 6.13. The van der Waals surface area contributed by atoms with Crippen LogP contribution in [-0.4, -0.2) is 56.2 Å². The van der Waals surface area contributed by atoms with Crippen molar-refractivity contribution in [2.45, 2.75) is 70.5 Å². The lowest BCUT2D eigenvalue weighted by Crippen LogP contribution is -2.38. The molecule has 1 heterocycles. The van der Waals surface area contributed by atoms with Gasteiger partial charge in [-0.25, -0.2) is 0 Å². The smallest absolute Gasteiger partial charge is 0.308 e. The van der Waals surface area contributed by atoms with E-state index < -0.39 is 11.9 Å². The summed E-state index contributed by atoms with van der Waals surface area (Å²) in [4.78, 5) is 37.7. The molecule has 0 aliphatic heterocycles. The summed E-state index contributed by atoms with van der Waals surface area (Å²) < 4.78 is 1.47. The predicted molar refractivity (Wildman–Crippen MR) is 98.1 cm³/mol. The van der Waals surface area contributed by atoms with Crippen molar-refractivity contribution < 1.29 is 19.5 Å². The lowest BCUT2D eigenvalue weighted by atomic mass is 9.95. The summed E-state index contributed by atoms with van der Waals surface area (Å²) in [6, 6.07) is 0.350. The van der Waals surface area contributed by atoms with Crippen molar-refractivity contribution in [2.75, 3.05) is 6.54 Å². The van der Waals surface area contributed by atoms with E-state index >= 15 is 0 Å². The molecule has 2 aliphatic carbocycles. The van der Waals surface area contributed by atoms with Gasteiger partial charge in [-0.15, -0.1) is 0 Å². The molecule has 0 aromatic carbocycles. The number of nitrogens with one attached hydrogen (secondary N) is 1. The second-order valence-corrected chi connectivity index (χ2v) is 7.76. The van der Waals surface area contributed by atoms with Crippen LogP contribution in [0.5, 0.6) is 0 Å². The van der Waals surface area contributed by atoms with Crippen LogP contribution in [0.15, 0.2) is 12.4 Å². The highest BCUT2D eigenvalue weighted by Gasteiger charge is 2.35. The van der Waals surface area contributed by atoms with E-state index in [0.717, 1.165) is 38.5 Å². The van der Waals surface area contributed by atoms with E-state index in [9.17, 15) is 14.4 Å². The van der Waals surface area contributed by atoms with Crippen LogP contribution in [0.3, 0.4) is 0 Å². The van der Waals surface area contributed by atoms with Crippen molar-refractivity contribution in [3.8, 4) is 0 Å². The van der Waals surface area contributed by atoms with Gasteiger partial charge in [-0.05, 0) is 25.7 Å². The van der Waals surface area contributed by atoms with Crippen LogP contribution in [0.25, 0.3) is 0 Å². The molecule has 0 spiro atoms. The minimum absolute atomic E-state index is 0.0821. The number of rotatable bonds is 8. The zero-order valence-corrected chi connectivity index (χ0v) is 15.8. The van der Waals surface area contributed by atoms with E-state index in [4.69, 9.17) is 5.11 Å². The third kappa shape index (κ3) is 5.30. The third-order valence-corrected chi connectivity index (χ3v) is 5.30. The number of amides is 2. The fourth-order valence-corrected chi connectivity index (χ4v) is 3.55. The molecule has 2 amide bonds. The van der Waals surface area contributed by atoms with E-state index in [1.54, 1.807) is 18.0 Å². The molecule has 0 bridgehead atoms. The molecule has 1 atom stereocenters. The van der Waals surface area contributed by atoms with Crippen LogP contribution in [-0.2, 0) is 16.1 Å². The summed E-state index contributed by atoms with van der Waals surface area (Å²) in [5.41, 5.74) is 0.393. The van der Waals surface area contributed by atoms with Gasteiger partial charge in [-0.2, -0.15) is 5.10 Å². The van der Waals surface area contributed by atoms with Crippen LogP contribution in [0.4, 0.5) is 0 Å². The molecule has 3 rings (SSSR count). The number of hydrogen-bond donors (Lipinski definition) is 2. The highest BCUT2D eigenvalue weighted by Crippen LogP contribution is 2.29. The van der Waals surface area contributed by atoms with Gasteiger partial charge >= 0.3 is 5.97 Å². The first-order chi connectivity index (χ1) is 12.9. The first-order valence-electron chi connectivity index (χ1n) is 9.79. The Bertz CT molecular complexity index is 692. The lowest BCUT2D eigenvalue weighted by molar-refractivity contribution is -0.141. The highest BCUT2D eigenvalue weighted by molar-refractivity contribution is 5.94. The van der Waals surface area contributed by atoms with E-state index in [0.29, 0.717) is 5.56 Å². The van der Waals surface area contributed by atoms with Crippen molar-refractivity contribution in [1.29, 1.82) is 0 Å². The normalized spacial score (nSPS) is 18.7. The fraction of sp³-hybridized carbons (Fsp3) is 0.684. The van der Waals surface area contributed by atoms with Gasteiger partial charge in [0.15, 0.2) is 0 Å². The van der Waals surface area contributed by atoms with E-state index in [2.05, 4.69) is 10.4 Å². The number of carbonyl (C=O) groups is 3. The second-order valence-electron chi connectivity index (χ2n) is 7.76. The first-order valence-corrected chi connectivity index (χ1v) is 9.79. The van der Waals surface area contributed by atoms with Crippen LogP contribution < -0.4 is 5.32 Å². The molecule has 1 aromatic rings. The summed E-state index contributed by atoms with van der Waals surface area (Å²) in [5.74, 6) is -1.85. The van der Waals surface area contributed by atoms with Gasteiger partial charge in [0.2, 0.25) is 5.91 Å². The van der Waals surface area contributed by atoms with Crippen LogP contribution in [0.1, 0.15) is 62.2 Å². The zero-order chi connectivity index (χ0) is 19.4. The average Bonchev–Trinajstić information content (AvgIpc) is 3.38. The van der Waals surface area contributed by atoms with Crippen molar-refractivity contribution >= 4 is 17.8 Å². The Hall–Kier alpha value is -2.38. The summed E-state index contributed by atoms with van der Waals surface area (Å²) in [5, 5.41) is 16.3. The van der Waals surface area contributed by atoms with Crippen molar-refractivity contribution in [3.63, 3.8) is 0 Å². The van der Waals surface area contributed by atoms with Gasteiger partial charge in [-0.1, -0.05) is 26.2 Å². The minimum atomic E-state index is -0.913. The van der Waals surface area contributed by atoms with Gasteiger partial charge in [0.05, 0.1) is 17.7 Å². The predicted octanol–water partition coefficient (Wildman–Crippen LogP) is 1.66. The number of aromatic nitrogens is 2. The Morgan fingerprint density at radius 1 is 1.26 bits per heavy atom. The number of carboxylic acid groups (broad SMARTS) is 1. The monoisotopic (exact) mass is 376 g/mol. The number of nitrogens with zero attached hydrogens (tertiary/aromatic N) is 3. The molecule has 0 radical (unpaired) electrons. The molecule has 8 heteroatoms. The van der Waals surface area contributed by atoms with Gasteiger partial charge in [0.25, 0.3) is 5.91 Å². The number of carbonyl (C=O) groups excluding carboxylic acids is 2. The van der Waals surface area contributed by atoms with Gasteiger partial charge in [-0.3, -0.25) is 19.1 Å². The highest BCUT2D eigenvalue weighted by atomic mass is 16.4. The summed E-state index contributed by atoms with van der Waals surface area (Å²) in [6.07, 6.45) is 10.4. The van der Waals surface area contributed by atoms with Crippen molar-refractivity contribution in [2.24, 2.45) is 5.92 Å². The summed E-state index contributed by atoms with van der Waals surface area (Å²) in [6.45, 7) is 1.87. The molecular weight excluding hydrogens is 348 g/mol. The maximum absolute atomic E-state index is 12.8. The maximum atomic E-state index is 12.8. The average molecular weight is 376 g/mol. The van der Waals surface area contributed by atoms with Crippen LogP contribution in [0.2, 0.25) is 0 Å². The largest absolute Gasteiger partial charge is 0.481 e. The lowest BCUT2D eigenvalue weighted by Gasteiger charge is -2.23. The molecule has 2 N–H and O–H groups in total. The quantitative estimate of drug-likeness (QED) is 0.718. The van der Waals surface area contributed by atoms with Gasteiger partial charge < -0.3 is 15.3 Å². The Balaban J connectivity index is 1.57. The minimum Gasteiger partial charge on any atom is -0.481 e. The van der Waals surface area contributed by atoms with Gasteiger partial charge in [0, 0.05) is 24.8 Å². The van der Waals surface area contributed by atoms with Crippen LogP contribution >= 0.6 is 0 Å². The Morgan fingerprint density at radius 3 is 2.59 bits per heavy atom. The topological polar surface area (TPSA) is 105 Å². The molecule has 148 valence electrons. The molecule has 2 saturated carbocycles. The van der Waals surface area contributed by atoms with Crippen LogP contribution in [0, 0.1) is 5.92 Å². The maximum Gasteiger partial charge on any atom is 0.308 e. The number of carboxylic acids is 1. The number of hydrogen-bond acceptors (Lipinski definition) is 4. The Labute approximate surface area is 158 Å². The molecule has 2 fully saturated rings. The number of aliphatic carboxylic acids is 1. The SMILES string of the molecule is CC(CN(C(=O)c1cnn(CC(=O)NC2CCCCC2)c1)C1CC1)C(=O)O. The van der Waals surface area contributed by atoms with E-state index in [1.807, 2.05) is 0 Å². The van der Waals surface area contributed by atoms with E-state index in [1.165, 1.54) is 17.3 Å². The van der Waals surface area contributed by atoms with E-state index in [-0.39, 0.29) is 37.0 Å². The molecule has 27 heavy (non-hydrogen) atoms. The molecule has 2 aliphatic rings. The molecule has 1 unspecified atom stereocenters. The fourth-order valence-electron chi connectivity index (χ4n) is 3.55. The van der Waals surface area contributed by atoms with Crippen molar-refractivity contribution in [3.05, 3.63) is 18.0 Å². The molecule has 1 aromatic heterocycles. The Morgan fingerprint density at radius 2 is 1.96 bits per heavy atom. The van der Waals surface area contributed by atoms with Crippen molar-refractivity contribution in [1.82, 2.24) is 20.0 Å². The molecule has 0 saturated heterocycles.